The lowest BCUT2D eigenvalue weighted by atomic mass is 10.00. The van der Waals surface area contributed by atoms with Gasteiger partial charge in [0.1, 0.15) is 7.85 Å². The fraction of sp³-hybridized carbons (Fsp3) is 0.500. The lowest BCUT2D eigenvalue weighted by molar-refractivity contribution is 0.946. The first kappa shape index (κ1) is 6.83. The van der Waals surface area contributed by atoms with Crippen LogP contribution in [0.25, 0.3) is 0 Å². The average Bonchev–Trinajstić information content (AvgIpc) is 2.76. The highest BCUT2D eigenvalue weighted by Gasteiger charge is 2.25. The number of hydrogen-bond donors (Lipinski definition) is 0. The first-order chi connectivity index (χ1) is 5.27. The van der Waals surface area contributed by atoms with Crippen molar-refractivity contribution in [3.8, 4) is 0 Å². The van der Waals surface area contributed by atoms with Gasteiger partial charge in [-0.05, 0) is 37.3 Å². The molecular weight excluding hydrogens is 135 g/mol. The molecule has 0 atom stereocenters. The maximum atomic E-state index is 5.52. The number of hydrogen-bond acceptors (Lipinski definition) is 2. The Bertz CT molecular complexity index is 281. The number of aryl methyl sites for hydroxylation is 1. The minimum absolute atomic E-state index is 0.539. The molecule has 3 heteroatoms. The third-order valence-electron chi connectivity index (χ3n) is 2.05. The van der Waals surface area contributed by atoms with Crippen LogP contribution in [0.15, 0.2) is 6.07 Å². The van der Waals surface area contributed by atoms with E-state index in [0.717, 1.165) is 5.69 Å². The Kier molecular flexibility index (Phi) is 1.45. The van der Waals surface area contributed by atoms with E-state index in [4.69, 9.17) is 7.85 Å². The molecule has 0 amide bonds. The molecule has 1 aliphatic rings. The Labute approximate surface area is 67.4 Å². The van der Waals surface area contributed by atoms with Crippen LogP contribution in [0.4, 0.5) is 0 Å². The van der Waals surface area contributed by atoms with Crippen LogP contribution in [0.3, 0.4) is 0 Å². The summed E-state index contributed by atoms with van der Waals surface area (Å²) in [4.78, 5) is 0. The highest BCUT2D eigenvalue weighted by Crippen LogP contribution is 2.40. The minimum Gasteiger partial charge on any atom is -0.167 e. The zero-order valence-corrected chi connectivity index (χ0v) is 6.54. The van der Waals surface area contributed by atoms with Gasteiger partial charge in [0.05, 0.1) is 5.69 Å². The molecule has 0 aliphatic heterocycles. The summed E-state index contributed by atoms with van der Waals surface area (Å²) in [6.07, 6.45) is 2.57. The molecule has 0 aromatic carbocycles. The topological polar surface area (TPSA) is 25.8 Å². The summed E-state index contributed by atoms with van der Waals surface area (Å²) >= 11 is 0. The largest absolute Gasteiger partial charge is 0.167 e. The zero-order chi connectivity index (χ0) is 7.84. The van der Waals surface area contributed by atoms with Crippen LogP contribution in [0.2, 0.25) is 0 Å². The van der Waals surface area contributed by atoms with Crippen molar-refractivity contribution in [3.63, 3.8) is 0 Å². The van der Waals surface area contributed by atoms with E-state index in [1.54, 1.807) is 0 Å². The lowest BCUT2D eigenvalue weighted by Crippen LogP contribution is -2.12. The van der Waals surface area contributed by atoms with Crippen molar-refractivity contribution in [3.05, 3.63) is 17.3 Å². The van der Waals surface area contributed by atoms with Crippen molar-refractivity contribution in [1.82, 2.24) is 10.2 Å². The normalized spacial score (nSPS) is 16.8. The smallest absolute Gasteiger partial charge is 0.144 e. The van der Waals surface area contributed by atoms with Crippen LogP contribution < -0.4 is 5.59 Å². The van der Waals surface area contributed by atoms with Gasteiger partial charge in [-0.2, -0.15) is 10.2 Å². The van der Waals surface area contributed by atoms with E-state index in [9.17, 15) is 0 Å². The summed E-state index contributed by atoms with van der Waals surface area (Å²) in [7, 11) is 5.52. The second-order valence-electron chi connectivity index (χ2n) is 3.08. The molecule has 0 unspecified atom stereocenters. The first-order valence-electron chi connectivity index (χ1n) is 3.87. The van der Waals surface area contributed by atoms with Crippen LogP contribution in [-0.4, -0.2) is 18.0 Å². The maximum Gasteiger partial charge on any atom is 0.144 e. The van der Waals surface area contributed by atoms with Crippen molar-refractivity contribution < 1.29 is 0 Å². The van der Waals surface area contributed by atoms with Gasteiger partial charge in [-0.15, -0.1) is 0 Å². The molecule has 2 rings (SSSR count). The molecule has 0 bridgehead atoms. The fourth-order valence-corrected chi connectivity index (χ4v) is 1.29. The van der Waals surface area contributed by atoms with Gasteiger partial charge in [0.15, 0.2) is 0 Å². The maximum absolute atomic E-state index is 5.52. The Morgan fingerprint density at radius 1 is 1.45 bits per heavy atom. The molecule has 54 valence electrons. The Morgan fingerprint density at radius 3 is 2.82 bits per heavy atom. The molecule has 2 radical (unpaired) electrons. The summed E-state index contributed by atoms with van der Waals surface area (Å²) in [5.41, 5.74) is 2.86. The molecule has 0 saturated heterocycles. The highest BCUT2D eigenvalue weighted by molar-refractivity contribution is 6.30. The highest BCUT2D eigenvalue weighted by atomic mass is 15.1. The third kappa shape index (κ3) is 1.27. The fourth-order valence-electron chi connectivity index (χ4n) is 1.29. The summed E-state index contributed by atoms with van der Waals surface area (Å²) in [6.45, 7) is 1.99. The zero-order valence-electron chi connectivity index (χ0n) is 6.54. The van der Waals surface area contributed by atoms with Crippen LogP contribution in [0.5, 0.6) is 0 Å². The molecule has 1 heterocycles. The van der Waals surface area contributed by atoms with E-state index in [1.807, 2.05) is 13.0 Å². The molecule has 1 aromatic rings. The van der Waals surface area contributed by atoms with E-state index in [-0.39, 0.29) is 0 Å². The summed E-state index contributed by atoms with van der Waals surface area (Å²) in [6, 6.07) is 1.94. The number of rotatable bonds is 1. The summed E-state index contributed by atoms with van der Waals surface area (Å²) < 4.78 is 0. The van der Waals surface area contributed by atoms with Crippen LogP contribution in [0, 0.1) is 6.92 Å². The summed E-state index contributed by atoms with van der Waals surface area (Å²) in [5, 5.41) is 7.74. The van der Waals surface area contributed by atoms with Crippen LogP contribution in [-0.2, 0) is 0 Å². The molecule has 11 heavy (non-hydrogen) atoms. The minimum atomic E-state index is 0.539. The van der Waals surface area contributed by atoms with Crippen LogP contribution in [0.1, 0.15) is 30.0 Å². The van der Waals surface area contributed by atoms with E-state index in [0.29, 0.717) is 11.5 Å². The van der Waals surface area contributed by atoms with Gasteiger partial charge < -0.3 is 0 Å². The molecule has 1 fully saturated rings. The van der Waals surface area contributed by atoms with E-state index >= 15 is 0 Å². The molecule has 0 spiro atoms. The van der Waals surface area contributed by atoms with Crippen molar-refractivity contribution in [1.29, 1.82) is 0 Å². The molecule has 1 saturated carbocycles. The van der Waals surface area contributed by atoms with Crippen molar-refractivity contribution in [2.24, 2.45) is 0 Å². The number of aromatic nitrogens is 2. The van der Waals surface area contributed by atoms with Gasteiger partial charge in [-0.25, -0.2) is 0 Å². The van der Waals surface area contributed by atoms with Gasteiger partial charge in [0, 0.05) is 5.59 Å². The quantitative estimate of drug-likeness (QED) is 0.535. The summed E-state index contributed by atoms with van der Waals surface area (Å²) in [5.74, 6) is 0.716. The van der Waals surface area contributed by atoms with Crippen LogP contribution >= 0.6 is 0 Å². The third-order valence-corrected chi connectivity index (χ3v) is 2.05. The van der Waals surface area contributed by atoms with Gasteiger partial charge in [0.25, 0.3) is 0 Å². The Balaban J connectivity index is 2.42. The molecule has 1 aromatic heterocycles. The van der Waals surface area contributed by atoms with Crippen molar-refractivity contribution in [2.45, 2.75) is 25.7 Å². The Hall–Kier alpha value is -0.855. The Morgan fingerprint density at radius 2 is 2.18 bits per heavy atom. The number of nitrogens with zero attached hydrogens (tertiary/aromatic N) is 2. The van der Waals surface area contributed by atoms with Gasteiger partial charge in [0.2, 0.25) is 0 Å². The van der Waals surface area contributed by atoms with Crippen molar-refractivity contribution >= 4 is 13.4 Å². The first-order valence-corrected chi connectivity index (χ1v) is 3.87. The second kappa shape index (κ2) is 2.33. The van der Waals surface area contributed by atoms with E-state index in [1.165, 1.54) is 18.4 Å². The molecule has 2 nitrogen and oxygen atoms in total. The second-order valence-corrected chi connectivity index (χ2v) is 3.08. The van der Waals surface area contributed by atoms with Gasteiger partial charge in [-0.1, -0.05) is 0 Å². The molecular formula is C8H9BN2. The monoisotopic (exact) mass is 144 g/mol. The van der Waals surface area contributed by atoms with Gasteiger partial charge >= 0.3 is 0 Å². The van der Waals surface area contributed by atoms with E-state index < -0.39 is 0 Å². The van der Waals surface area contributed by atoms with Crippen molar-refractivity contribution in [2.75, 3.05) is 0 Å². The average molecular weight is 144 g/mol. The predicted molar refractivity (Wildman–Crippen MR) is 44.1 cm³/mol. The molecule has 0 N–H and O–H groups in total. The lowest BCUT2D eigenvalue weighted by Gasteiger charge is -2.01. The van der Waals surface area contributed by atoms with Gasteiger partial charge in [-0.3, -0.25) is 0 Å². The SMILES string of the molecule is [B]c1cc(C2CC2)c(C)nn1. The van der Waals surface area contributed by atoms with E-state index in [2.05, 4.69) is 10.2 Å². The predicted octanol–water partition coefficient (Wildman–Crippen LogP) is 0.456. The standard InChI is InChI=1S/C8H9BN2/c1-5-7(6-2-3-6)4-8(9)11-10-5/h4,6H,2-3H2,1H3. The molecule has 1 aliphatic carbocycles.